The molecule has 0 spiro atoms. The largest absolute Gasteiger partial charge is 0.361 e. The summed E-state index contributed by atoms with van der Waals surface area (Å²) in [6.45, 7) is 2.74. The second-order valence-electron chi connectivity index (χ2n) is 6.73. The third kappa shape index (κ3) is 3.13. The summed E-state index contributed by atoms with van der Waals surface area (Å²) in [6, 6.07) is 6.25. The minimum Gasteiger partial charge on any atom is -0.361 e. The molecule has 134 valence electrons. The molecule has 1 aliphatic heterocycles. The van der Waals surface area contributed by atoms with Crippen molar-refractivity contribution in [1.82, 2.24) is 29.8 Å². The van der Waals surface area contributed by atoms with E-state index in [1.54, 1.807) is 12.4 Å². The maximum atomic E-state index is 4.75. The standard InChI is InChI=1S/C20H17BrN6/c21-16-2-1-3-18-19(16)15(9-24-18)11-27-5-4-17-14(10-27)8-25-20(26-17)13-6-22-12-23-7-13/h1-3,6-9,12,24H,4-5,10-11H2. The lowest BCUT2D eigenvalue weighted by atomic mass is 10.1. The highest BCUT2D eigenvalue weighted by Gasteiger charge is 2.20. The molecule has 0 amide bonds. The molecule has 4 heterocycles. The molecular weight excluding hydrogens is 404 g/mol. The Hall–Kier alpha value is -2.64. The van der Waals surface area contributed by atoms with Crippen molar-refractivity contribution < 1.29 is 0 Å². The Balaban J connectivity index is 1.38. The van der Waals surface area contributed by atoms with Crippen molar-refractivity contribution in [3.63, 3.8) is 0 Å². The minimum absolute atomic E-state index is 0.698. The van der Waals surface area contributed by atoms with Crippen LogP contribution in [0.3, 0.4) is 0 Å². The van der Waals surface area contributed by atoms with Gasteiger partial charge in [-0.3, -0.25) is 4.90 Å². The SMILES string of the molecule is Brc1cccc2[nH]cc(CN3CCc4nc(-c5cncnc5)ncc4C3)c12. The van der Waals surface area contributed by atoms with Crippen LogP contribution in [0.1, 0.15) is 16.8 Å². The first-order valence-electron chi connectivity index (χ1n) is 8.85. The van der Waals surface area contributed by atoms with E-state index in [4.69, 9.17) is 4.98 Å². The van der Waals surface area contributed by atoms with Gasteiger partial charge in [0.25, 0.3) is 0 Å². The smallest absolute Gasteiger partial charge is 0.162 e. The monoisotopic (exact) mass is 420 g/mol. The molecule has 0 bridgehead atoms. The molecule has 1 aliphatic rings. The molecule has 0 saturated carbocycles. The molecule has 5 rings (SSSR count). The summed E-state index contributed by atoms with van der Waals surface area (Å²) in [5.41, 5.74) is 5.64. The molecular formula is C20H17BrN6. The summed E-state index contributed by atoms with van der Waals surface area (Å²) < 4.78 is 1.13. The number of nitrogens with one attached hydrogen (secondary N) is 1. The van der Waals surface area contributed by atoms with Crippen LogP contribution in [0.4, 0.5) is 0 Å². The highest BCUT2D eigenvalue weighted by atomic mass is 79.9. The third-order valence-corrected chi connectivity index (χ3v) is 5.62. The highest BCUT2D eigenvalue weighted by molar-refractivity contribution is 9.10. The lowest BCUT2D eigenvalue weighted by molar-refractivity contribution is 0.244. The average molecular weight is 421 g/mol. The first kappa shape index (κ1) is 16.5. The van der Waals surface area contributed by atoms with Crippen molar-refractivity contribution in [1.29, 1.82) is 0 Å². The molecule has 0 fully saturated rings. The van der Waals surface area contributed by atoms with Crippen LogP contribution in [-0.4, -0.2) is 36.4 Å². The van der Waals surface area contributed by atoms with Crippen LogP contribution in [0.25, 0.3) is 22.3 Å². The molecule has 3 aromatic heterocycles. The second kappa shape index (κ2) is 6.83. The summed E-state index contributed by atoms with van der Waals surface area (Å²) in [5, 5.41) is 1.26. The normalized spacial score (nSPS) is 14.4. The number of halogens is 1. The fourth-order valence-corrected chi connectivity index (χ4v) is 4.26. The van der Waals surface area contributed by atoms with Gasteiger partial charge in [-0.15, -0.1) is 0 Å². The Morgan fingerprint density at radius 2 is 2.04 bits per heavy atom. The molecule has 1 N–H and O–H groups in total. The van der Waals surface area contributed by atoms with Gasteiger partial charge in [0.05, 0.1) is 11.3 Å². The van der Waals surface area contributed by atoms with Crippen molar-refractivity contribution in [3.05, 3.63) is 70.6 Å². The topological polar surface area (TPSA) is 70.6 Å². The van der Waals surface area contributed by atoms with Gasteiger partial charge >= 0.3 is 0 Å². The van der Waals surface area contributed by atoms with Crippen molar-refractivity contribution >= 4 is 26.8 Å². The van der Waals surface area contributed by atoms with Gasteiger partial charge in [0.1, 0.15) is 6.33 Å². The van der Waals surface area contributed by atoms with E-state index < -0.39 is 0 Å². The van der Waals surface area contributed by atoms with Crippen molar-refractivity contribution in [2.24, 2.45) is 0 Å². The van der Waals surface area contributed by atoms with Crippen molar-refractivity contribution in [2.45, 2.75) is 19.5 Å². The van der Waals surface area contributed by atoms with Gasteiger partial charge in [-0.1, -0.05) is 22.0 Å². The Morgan fingerprint density at radius 1 is 1.15 bits per heavy atom. The molecule has 4 aromatic rings. The van der Waals surface area contributed by atoms with E-state index >= 15 is 0 Å². The van der Waals surface area contributed by atoms with Gasteiger partial charge < -0.3 is 4.98 Å². The quantitative estimate of drug-likeness (QED) is 0.546. The summed E-state index contributed by atoms with van der Waals surface area (Å²) in [7, 11) is 0. The number of benzene rings is 1. The van der Waals surface area contributed by atoms with Crippen LogP contribution >= 0.6 is 15.9 Å². The fourth-order valence-electron chi connectivity index (χ4n) is 3.64. The third-order valence-electron chi connectivity index (χ3n) is 4.96. The van der Waals surface area contributed by atoms with Crippen molar-refractivity contribution in [2.75, 3.05) is 6.54 Å². The maximum absolute atomic E-state index is 4.75. The Kier molecular flexibility index (Phi) is 4.18. The van der Waals surface area contributed by atoms with E-state index in [1.807, 2.05) is 6.20 Å². The molecule has 0 saturated heterocycles. The Labute approximate surface area is 164 Å². The Morgan fingerprint density at radius 3 is 2.93 bits per heavy atom. The molecule has 27 heavy (non-hydrogen) atoms. The molecule has 6 nitrogen and oxygen atoms in total. The fraction of sp³-hybridized carbons (Fsp3) is 0.200. The lowest BCUT2D eigenvalue weighted by Gasteiger charge is -2.28. The molecule has 0 aliphatic carbocycles. The number of rotatable bonds is 3. The lowest BCUT2D eigenvalue weighted by Crippen LogP contribution is -2.30. The van der Waals surface area contributed by atoms with Crippen LogP contribution in [0.15, 0.2) is 53.8 Å². The zero-order valence-corrected chi connectivity index (χ0v) is 16.1. The van der Waals surface area contributed by atoms with E-state index in [1.165, 1.54) is 22.8 Å². The molecule has 0 unspecified atom stereocenters. The summed E-state index contributed by atoms with van der Waals surface area (Å²) in [5.74, 6) is 0.698. The van der Waals surface area contributed by atoms with Gasteiger partial charge in [0.15, 0.2) is 5.82 Å². The van der Waals surface area contributed by atoms with Crippen LogP contribution in [0.2, 0.25) is 0 Å². The highest BCUT2D eigenvalue weighted by Crippen LogP contribution is 2.29. The van der Waals surface area contributed by atoms with Crippen LogP contribution in [-0.2, 0) is 19.5 Å². The molecule has 0 atom stereocenters. The van der Waals surface area contributed by atoms with Gasteiger partial charge in [0, 0.05) is 71.8 Å². The second-order valence-corrected chi connectivity index (χ2v) is 7.58. The number of nitrogens with zero attached hydrogens (tertiary/aromatic N) is 5. The van der Waals surface area contributed by atoms with Crippen LogP contribution in [0.5, 0.6) is 0 Å². The van der Waals surface area contributed by atoms with Gasteiger partial charge in [-0.25, -0.2) is 19.9 Å². The van der Waals surface area contributed by atoms with Gasteiger partial charge in [0.2, 0.25) is 0 Å². The van der Waals surface area contributed by atoms with E-state index in [2.05, 4.69) is 65.2 Å². The predicted octanol–water partition coefficient (Wildman–Crippen LogP) is 3.74. The number of aromatic nitrogens is 5. The van der Waals surface area contributed by atoms with Gasteiger partial charge in [-0.05, 0) is 17.7 Å². The summed E-state index contributed by atoms with van der Waals surface area (Å²) in [4.78, 5) is 23.2. The first-order chi connectivity index (χ1) is 13.3. The van der Waals surface area contributed by atoms with E-state index in [0.717, 1.165) is 47.3 Å². The van der Waals surface area contributed by atoms with E-state index in [9.17, 15) is 0 Å². The average Bonchev–Trinajstić information content (AvgIpc) is 3.12. The number of H-pyrrole nitrogens is 1. The minimum atomic E-state index is 0.698. The number of hydrogen-bond acceptors (Lipinski definition) is 5. The van der Waals surface area contributed by atoms with E-state index in [0.29, 0.717) is 5.82 Å². The molecule has 1 aromatic carbocycles. The first-order valence-corrected chi connectivity index (χ1v) is 9.64. The van der Waals surface area contributed by atoms with Crippen LogP contribution in [0, 0.1) is 0 Å². The number of hydrogen-bond donors (Lipinski definition) is 1. The zero-order valence-electron chi connectivity index (χ0n) is 14.6. The van der Waals surface area contributed by atoms with E-state index in [-0.39, 0.29) is 0 Å². The van der Waals surface area contributed by atoms with Crippen molar-refractivity contribution in [3.8, 4) is 11.4 Å². The van der Waals surface area contributed by atoms with Crippen LogP contribution < -0.4 is 0 Å². The molecule has 0 radical (unpaired) electrons. The Bertz CT molecular complexity index is 1110. The molecule has 7 heteroatoms. The maximum Gasteiger partial charge on any atom is 0.162 e. The zero-order chi connectivity index (χ0) is 18.2. The van der Waals surface area contributed by atoms with Gasteiger partial charge in [-0.2, -0.15) is 0 Å². The number of fused-ring (bicyclic) bond motifs is 2. The summed E-state index contributed by atoms with van der Waals surface area (Å²) >= 11 is 3.68. The number of aromatic amines is 1. The predicted molar refractivity (Wildman–Crippen MR) is 107 cm³/mol. The summed E-state index contributed by atoms with van der Waals surface area (Å²) in [6.07, 6.45) is 9.99.